The van der Waals surface area contributed by atoms with E-state index in [-0.39, 0.29) is 12.2 Å². The molecular formula is C13H11F2NO2S. The average Bonchev–Trinajstić information content (AvgIpc) is 2.92. The van der Waals surface area contributed by atoms with Crippen LogP contribution in [0.2, 0.25) is 0 Å². The van der Waals surface area contributed by atoms with Crippen LogP contribution in [0.4, 0.5) is 8.78 Å². The summed E-state index contributed by atoms with van der Waals surface area (Å²) in [7, 11) is 0. The first kappa shape index (κ1) is 13.8. The van der Waals surface area contributed by atoms with E-state index in [2.05, 4.69) is 5.16 Å². The lowest BCUT2D eigenvalue weighted by molar-refractivity contribution is 0.418. The van der Waals surface area contributed by atoms with Gasteiger partial charge in [-0.1, -0.05) is 17.3 Å². The molecule has 0 fully saturated rings. The third-order valence-corrected chi connectivity index (χ3v) is 3.82. The summed E-state index contributed by atoms with van der Waals surface area (Å²) in [5.74, 6) is 0.166. The van der Waals surface area contributed by atoms with Gasteiger partial charge >= 0.3 is 0 Å². The third kappa shape index (κ3) is 3.90. The summed E-state index contributed by atoms with van der Waals surface area (Å²) in [6.07, 6.45) is 0.574. The van der Waals surface area contributed by atoms with Crippen molar-refractivity contribution in [2.75, 3.05) is 5.75 Å². The lowest BCUT2D eigenvalue weighted by Crippen LogP contribution is -2.06. The van der Waals surface area contributed by atoms with Crippen molar-refractivity contribution in [1.82, 2.24) is 5.16 Å². The number of benzene rings is 1. The zero-order valence-corrected chi connectivity index (χ0v) is 10.7. The van der Waals surface area contributed by atoms with Gasteiger partial charge in [-0.2, -0.15) is 8.78 Å². The predicted molar refractivity (Wildman–Crippen MR) is 68.1 cm³/mol. The van der Waals surface area contributed by atoms with Crippen molar-refractivity contribution in [3.63, 3.8) is 0 Å². The number of rotatable bonds is 5. The van der Waals surface area contributed by atoms with Crippen molar-refractivity contribution in [3.05, 3.63) is 48.8 Å². The van der Waals surface area contributed by atoms with E-state index in [4.69, 9.17) is 4.52 Å². The molecule has 0 radical (unpaired) electrons. The number of nitrogens with zero attached hydrogens (tertiary/aromatic N) is 1. The Labute approximate surface area is 112 Å². The number of allylic oxidation sites excluding steroid dienone is 1. The molecule has 3 nitrogen and oxygen atoms in total. The fourth-order valence-corrected chi connectivity index (χ4v) is 2.61. The lowest BCUT2D eigenvalue weighted by atomic mass is 10.2. The Morgan fingerprint density at radius 3 is 2.89 bits per heavy atom. The molecule has 0 spiro atoms. The first-order valence-corrected chi connectivity index (χ1v) is 6.89. The number of hydrogen-bond donors (Lipinski definition) is 0. The van der Waals surface area contributed by atoms with Gasteiger partial charge in [-0.05, 0) is 23.3 Å². The smallest absolute Gasteiger partial charge is 0.266 e. The maximum atomic E-state index is 11.9. The molecule has 1 unspecified atom stereocenters. The van der Waals surface area contributed by atoms with Crippen molar-refractivity contribution < 1.29 is 17.9 Å². The van der Waals surface area contributed by atoms with E-state index < -0.39 is 17.3 Å². The maximum Gasteiger partial charge on any atom is 0.266 e. The summed E-state index contributed by atoms with van der Waals surface area (Å²) in [5.41, 5.74) is 1.43. The lowest BCUT2D eigenvalue weighted by Gasteiger charge is -2.09. The number of aromatic nitrogens is 1. The fourth-order valence-electron chi connectivity index (χ4n) is 1.55. The molecule has 1 aromatic heterocycles. The van der Waals surface area contributed by atoms with E-state index in [1.807, 2.05) is 6.07 Å². The van der Waals surface area contributed by atoms with Crippen LogP contribution >= 0.6 is 0 Å². The first-order chi connectivity index (χ1) is 9.16. The molecule has 0 aliphatic carbocycles. The minimum atomic E-state index is -1.74. The molecule has 19 heavy (non-hydrogen) atoms. The Hall–Kier alpha value is -1.66. The molecule has 1 heterocycles. The second-order valence-corrected chi connectivity index (χ2v) is 5.32. The topological polar surface area (TPSA) is 49.1 Å². The van der Waals surface area contributed by atoms with Gasteiger partial charge in [-0.15, -0.1) is 0 Å². The highest BCUT2D eigenvalue weighted by Crippen LogP contribution is 2.22. The summed E-state index contributed by atoms with van der Waals surface area (Å²) in [6, 6.07) is 8.70. The van der Waals surface area contributed by atoms with Crippen LogP contribution in [-0.2, 0) is 11.2 Å². The molecule has 0 N–H and O–H groups in total. The van der Waals surface area contributed by atoms with Gasteiger partial charge in [-0.3, -0.25) is 0 Å². The standard InChI is InChI=1S/C13H11F2NO2S/c14-13(15)5-2-8-19(17)11-4-1-3-10(9-11)12-6-7-18-16-12/h1,3-7,9H,2,8H2. The molecule has 0 aliphatic heterocycles. The molecular weight excluding hydrogens is 272 g/mol. The van der Waals surface area contributed by atoms with Crippen LogP contribution in [0.5, 0.6) is 0 Å². The van der Waals surface area contributed by atoms with Crippen LogP contribution in [0.25, 0.3) is 11.3 Å². The summed E-state index contributed by atoms with van der Waals surface area (Å²) < 4.78 is 40.4. The van der Waals surface area contributed by atoms with Crippen molar-refractivity contribution >= 4 is 11.2 Å². The van der Waals surface area contributed by atoms with Crippen LogP contribution < -0.4 is 0 Å². The van der Waals surface area contributed by atoms with E-state index in [0.717, 1.165) is 11.6 Å². The van der Waals surface area contributed by atoms with Crippen molar-refractivity contribution in [2.45, 2.75) is 11.3 Å². The van der Waals surface area contributed by atoms with Gasteiger partial charge in [0.15, 0.2) is 4.90 Å². The highest BCUT2D eigenvalue weighted by atomic mass is 32.2. The van der Waals surface area contributed by atoms with Gasteiger partial charge < -0.3 is 9.08 Å². The van der Waals surface area contributed by atoms with Gasteiger partial charge in [-0.25, -0.2) is 0 Å². The molecule has 1 aromatic carbocycles. The number of halogens is 2. The molecule has 0 amide bonds. The maximum absolute atomic E-state index is 11.9. The van der Waals surface area contributed by atoms with Crippen LogP contribution in [0, 0.1) is 0 Å². The Morgan fingerprint density at radius 1 is 1.37 bits per heavy atom. The van der Waals surface area contributed by atoms with E-state index in [9.17, 15) is 13.3 Å². The minimum Gasteiger partial charge on any atom is -0.611 e. The zero-order chi connectivity index (χ0) is 13.7. The van der Waals surface area contributed by atoms with Gasteiger partial charge in [0.1, 0.15) is 17.7 Å². The van der Waals surface area contributed by atoms with E-state index in [0.29, 0.717) is 10.6 Å². The molecule has 2 rings (SSSR count). The number of hydrogen-bond acceptors (Lipinski definition) is 3. The molecule has 6 heteroatoms. The fraction of sp³-hybridized carbons (Fsp3) is 0.154. The van der Waals surface area contributed by atoms with Crippen LogP contribution in [0.3, 0.4) is 0 Å². The molecule has 100 valence electrons. The Bertz CT molecular complexity index is 554. The second-order valence-electron chi connectivity index (χ2n) is 3.74. The van der Waals surface area contributed by atoms with Crippen LogP contribution in [0.15, 0.2) is 58.2 Å². The highest BCUT2D eigenvalue weighted by molar-refractivity contribution is 7.91. The third-order valence-electron chi connectivity index (χ3n) is 2.43. The summed E-state index contributed by atoms with van der Waals surface area (Å²) >= 11 is -1.31. The Balaban J connectivity index is 2.08. The normalized spacial score (nSPS) is 12.2. The zero-order valence-electron chi connectivity index (χ0n) is 9.88. The van der Waals surface area contributed by atoms with E-state index in [1.54, 1.807) is 24.3 Å². The molecule has 0 aliphatic rings. The van der Waals surface area contributed by atoms with Gasteiger partial charge in [0.2, 0.25) is 0 Å². The van der Waals surface area contributed by atoms with Crippen LogP contribution in [-0.4, -0.2) is 15.5 Å². The second kappa shape index (κ2) is 6.49. The van der Waals surface area contributed by atoms with Crippen molar-refractivity contribution in [3.8, 4) is 11.3 Å². The van der Waals surface area contributed by atoms with E-state index in [1.165, 1.54) is 6.26 Å². The Kier molecular flexibility index (Phi) is 4.70. The van der Waals surface area contributed by atoms with Gasteiger partial charge in [0.25, 0.3) is 6.08 Å². The summed E-state index contributed by atoms with van der Waals surface area (Å²) in [6.45, 7) is 0. The van der Waals surface area contributed by atoms with E-state index >= 15 is 0 Å². The molecule has 2 aromatic rings. The molecule has 0 bridgehead atoms. The molecule has 1 atom stereocenters. The average molecular weight is 283 g/mol. The van der Waals surface area contributed by atoms with Crippen LogP contribution in [0.1, 0.15) is 6.42 Å². The van der Waals surface area contributed by atoms with Crippen molar-refractivity contribution in [2.24, 2.45) is 0 Å². The summed E-state index contributed by atoms with van der Waals surface area (Å²) in [4.78, 5) is 0.591. The molecule has 0 saturated carbocycles. The highest BCUT2D eigenvalue weighted by Gasteiger charge is 2.12. The molecule has 0 saturated heterocycles. The predicted octanol–water partition coefficient (Wildman–Crippen LogP) is 3.62. The van der Waals surface area contributed by atoms with Crippen molar-refractivity contribution in [1.29, 1.82) is 0 Å². The minimum absolute atomic E-state index is 0.0864. The quantitative estimate of drug-likeness (QED) is 0.787. The summed E-state index contributed by atoms with van der Waals surface area (Å²) in [5, 5.41) is 3.79. The monoisotopic (exact) mass is 283 g/mol. The van der Waals surface area contributed by atoms with Gasteiger partial charge in [0, 0.05) is 24.1 Å². The Morgan fingerprint density at radius 2 is 2.21 bits per heavy atom. The SMILES string of the molecule is [O-][S+](CCC=C(F)F)c1cccc(-c2ccon2)c1. The van der Waals surface area contributed by atoms with Gasteiger partial charge in [0.05, 0.1) is 0 Å². The largest absolute Gasteiger partial charge is 0.611 e. The first-order valence-electron chi connectivity index (χ1n) is 5.57.